The fourth-order valence-corrected chi connectivity index (χ4v) is 2.88. The number of amidine groups is 1. The molecular formula is C13H18ClN3O. The second kappa shape index (κ2) is 4.69. The summed E-state index contributed by atoms with van der Waals surface area (Å²) in [4.78, 5) is 2.32. The Kier molecular flexibility index (Phi) is 3.39. The van der Waals surface area contributed by atoms with Gasteiger partial charge in [0.25, 0.3) is 0 Å². The first-order valence-electron chi connectivity index (χ1n) is 6.15. The quantitative estimate of drug-likeness (QED) is 0.454. The second-order valence-electron chi connectivity index (χ2n) is 5.06. The van der Waals surface area contributed by atoms with Crippen molar-refractivity contribution < 1.29 is 22.4 Å². The van der Waals surface area contributed by atoms with E-state index in [1.54, 1.807) is 0 Å². The van der Waals surface area contributed by atoms with Gasteiger partial charge in [0, 0.05) is 6.54 Å². The predicted octanol–water partition coefficient (Wildman–Crippen LogP) is -1.30. The van der Waals surface area contributed by atoms with Crippen molar-refractivity contribution in [3.63, 3.8) is 0 Å². The van der Waals surface area contributed by atoms with Crippen LogP contribution in [0.1, 0.15) is 19.8 Å². The molecule has 1 fully saturated rings. The van der Waals surface area contributed by atoms with Crippen molar-refractivity contribution >= 4 is 17.2 Å². The summed E-state index contributed by atoms with van der Waals surface area (Å²) in [6.45, 7) is 3.25. The lowest BCUT2D eigenvalue weighted by molar-refractivity contribution is -0.715. The minimum absolute atomic E-state index is 0. The van der Waals surface area contributed by atoms with Crippen molar-refractivity contribution in [1.82, 2.24) is 0 Å². The first-order chi connectivity index (χ1) is 8.18. The summed E-state index contributed by atoms with van der Waals surface area (Å²) in [6, 6.07) is 8.01. The Bertz CT molecular complexity index is 489. The largest absolute Gasteiger partial charge is 1.00 e. The van der Waals surface area contributed by atoms with Crippen molar-refractivity contribution in [2.45, 2.75) is 25.8 Å². The van der Waals surface area contributed by atoms with Crippen LogP contribution in [0, 0.1) is 5.92 Å². The minimum atomic E-state index is 0. The van der Waals surface area contributed by atoms with Crippen molar-refractivity contribution in [2.24, 2.45) is 11.7 Å². The second-order valence-corrected chi connectivity index (χ2v) is 5.06. The van der Waals surface area contributed by atoms with E-state index in [-0.39, 0.29) is 18.4 Å². The highest BCUT2D eigenvalue weighted by Gasteiger charge is 2.40. The third-order valence-electron chi connectivity index (χ3n) is 3.87. The Hall–Kier alpha value is -1.42. The van der Waals surface area contributed by atoms with Crippen LogP contribution in [0.5, 0.6) is 0 Å². The first-order valence-corrected chi connectivity index (χ1v) is 6.15. The number of fused-ring (bicyclic) bond motifs is 3. The number of para-hydroxylation sites is 2. The van der Waals surface area contributed by atoms with Crippen LogP contribution in [0.25, 0.3) is 0 Å². The van der Waals surface area contributed by atoms with Gasteiger partial charge in [0.1, 0.15) is 6.04 Å². The van der Waals surface area contributed by atoms with Crippen molar-refractivity contribution in [2.75, 3.05) is 11.4 Å². The van der Waals surface area contributed by atoms with Gasteiger partial charge >= 0.3 is 5.84 Å². The number of hydrogen-bond acceptors (Lipinski definition) is 3. The van der Waals surface area contributed by atoms with Gasteiger partial charge in [-0.3, -0.25) is 5.73 Å². The lowest BCUT2D eigenvalue weighted by atomic mass is 9.90. The zero-order valence-corrected chi connectivity index (χ0v) is 11.1. The van der Waals surface area contributed by atoms with Gasteiger partial charge in [-0.05, 0) is 35.6 Å². The molecule has 1 saturated heterocycles. The molecule has 5 heteroatoms. The number of rotatable bonds is 0. The smallest absolute Gasteiger partial charge is 0.310 e. The third-order valence-corrected chi connectivity index (χ3v) is 3.87. The SMILES string of the molecule is C[C@@H]1CCN2c3ccccc3[N+](O)=C(N)[C@@H]2C1.[Cl-]. The lowest BCUT2D eigenvalue weighted by Gasteiger charge is -2.40. The van der Waals surface area contributed by atoms with Crippen molar-refractivity contribution in [1.29, 1.82) is 0 Å². The average molecular weight is 268 g/mol. The maximum absolute atomic E-state index is 10.1. The molecule has 2 heterocycles. The fraction of sp³-hybridized carbons (Fsp3) is 0.462. The summed E-state index contributed by atoms with van der Waals surface area (Å²) in [5.41, 5.74) is 7.93. The number of hydrogen-bond donors (Lipinski definition) is 2. The monoisotopic (exact) mass is 267 g/mol. The lowest BCUT2D eigenvalue weighted by Crippen LogP contribution is -3.00. The Morgan fingerprint density at radius 2 is 2.11 bits per heavy atom. The normalized spacial score (nSPS) is 26.2. The molecule has 1 aromatic rings. The van der Waals surface area contributed by atoms with Crippen LogP contribution in [-0.4, -0.2) is 28.4 Å². The average Bonchev–Trinajstić information content (AvgIpc) is 2.36. The molecule has 18 heavy (non-hydrogen) atoms. The molecule has 3 rings (SSSR count). The topological polar surface area (TPSA) is 52.5 Å². The Balaban J connectivity index is 0.00000120. The molecule has 1 aromatic carbocycles. The van der Waals surface area contributed by atoms with Gasteiger partial charge in [0.05, 0.1) is 5.69 Å². The summed E-state index contributed by atoms with van der Waals surface area (Å²) in [5, 5.41) is 10.1. The summed E-state index contributed by atoms with van der Waals surface area (Å²) in [5.74, 6) is 1.21. The Labute approximate surface area is 113 Å². The number of anilines is 1. The first kappa shape index (κ1) is 13.0. The van der Waals surface area contributed by atoms with E-state index >= 15 is 0 Å². The van der Waals surface area contributed by atoms with E-state index in [1.165, 1.54) is 6.42 Å². The summed E-state index contributed by atoms with van der Waals surface area (Å²) >= 11 is 0. The Morgan fingerprint density at radius 1 is 1.39 bits per heavy atom. The van der Waals surface area contributed by atoms with Gasteiger partial charge in [-0.15, -0.1) is 0 Å². The van der Waals surface area contributed by atoms with Gasteiger partial charge in [-0.2, -0.15) is 0 Å². The van der Waals surface area contributed by atoms with Gasteiger partial charge < -0.3 is 22.5 Å². The number of halogens is 1. The summed E-state index contributed by atoms with van der Waals surface area (Å²) in [7, 11) is 0. The summed E-state index contributed by atoms with van der Waals surface area (Å²) < 4.78 is 1.15. The Morgan fingerprint density at radius 3 is 2.89 bits per heavy atom. The third kappa shape index (κ3) is 1.81. The highest BCUT2D eigenvalue weighted by atomic mass is 35.5. The van der Waals surface area contributed by atoms with E-state index < -0.39 is 0 Å². The van der Waals surface area contributed by atoms with Crippen LogP contribution in [0.3, 0.4) is 0 Å². The minimum Gasteiger partial charge on any atom is -1.00 e. The van der Waals surface area contributed by atoms with Gasteiger partial charge in [0.15, 0.2) is 5.69 Å². The van der Waals surface area contributed by atoms with Crippen LogP contribution in [0.15, 0.2) is 24.3 Å². The van der Waals surface area contributed by atoms with E-state index in [1.807, 2.05) is 24.3 Å². The molecule has 2 aliphatic heterocycles. The van der Waals surface area contributed by atoms with Gasteiger partial charge in [-0.25, -0.2) is 0 Å². The highest BCUT2D eigenvalue weighted by molar-refractivity contribution is 5.89. The van der Waals surface area contributed by atoms with Crippen molar-refractivity contribution in [3.8, 4) is 0 Å². The van der Waals surface area contributed by atoms with E-state index in [4.69, 9.17) is 5.73 Å². The van der Waals surface area contributed by atoms with Crippen LogP contribution >= 0.6 is 0 Å². The molecule has 0 saturated carbocycles. The van der Waals surface area contributed by atoms with Gasteiger partial charge in [-0.1, -0.05) is 19.1 Å². The molecular weight excluding hydrogens is 250 g/mol. The maximum Gasteiger partial charge on any atom is 0.310 e. The molecule has 0 spiro atoms. The molecule has 0 amide bonds. The molecule has 0 unspecified atom stereocenters. The molecule has 0 aliphatic carbocycles. The summed E-state index contributed by atoms with van der Waals surface area (Å²) in [6.07, 6.45) is 2.20. The number of nitrogens with zero attached hydrogens (tertiary/aromatic N) is 2. The highest BCUT2D eigenvalue weighted by Crippen LogP contribution is 2.37. The standard InChI is InChI=1S/C13H17N3O.ClH/c1-9-6-7-15-10-4-2-3-5-11(10)16(17)13(14)12(15)8-9;/h2-5,9,12,14,17H,6-8H2,1H3;1H/t9-,12+;/m1./s1. The van der Waals surface area contributed by atoms with Crippen LogP contribution in [0.4, 0.5) is 11.4 Å². The molecule has 3 N–H and O–H groups in total. The number of nitrogens with two attached hydrogens (primary N) is 1. The molecule has 0 bridgehead atoms. The molecule has 0 radical (unpaired) electrons. The van der Waals surface area contributed by atoms with E-state index in [9.17, 15) is 5.21 Å². The fourth-order valence-electron chi connectivity index (χ4n) is 2.88. The van der Waals surface area contributed by atoms with E-state index in [2.05, 4.69) is 11.8 Å². The van der Waals surface area contributed by atoms with E-state index in [0.717, 1.165) is 29.1 Å². The molecule has 2 aliphatic rings. The maximum atomic E-state index is 10.1. The molecule has 0 aromatic heterocycles. The zero-order chi connectivity index (χ0) is 12.0. The molecule has 4 nitrogen and oxygen atoms in total. The van der Waals surface area contributed by atoms with Crippen molar-refractivity contribution in [3.05, 3.63) is 24.3 Å². The number of benzene rings is 1. The van der Waals surface area contributed by atoms with Crippen LogP contribution in [0.2, 0.25) is 0 Å². The predicted molar refractivity (Wildman–Crippen MR) is 66.9 cm³/mol. The zero-order valence-electron chi connectivity index (χ0n) is 10.4. The van der Waals surface area contributed by atoms with Crippen LogP contribution in [-0.2, 0) is 0 Å². The molecule has 2 atom stereocenters. The number of piperidine rings is 1. The van der Waals surface area contributed by atoms with Gasteiger partial charge in [0.2, 0.25) is 0 Å². The molecule has 98 valence electrons. The van der Waals surface area contributed by atoms with E-state index in [0.29, 0.717) is 11.8 Å². The van der Waals surface area contributed by atoms with Crippen LogP contribution < -0.4 is 23.0 Å².